The molecule has 2 N–H and O–H groups in total. The lowest BCUT2D eigenvalue weighted by atomic mass is 9.84. The topological polar surface area (TPSA) is 29.3 Å². The van der Waals surface area contributed by atoms with Crippen molar-refractivity contribution in [1.82, 2.24) is 4.90 Å². The molecule has 1 heterocycles. The monoisotopic (exact) mass is 154 g/mol. The minimum Gasteiger partial charge on any atom is -0.329 e. The van der Waals surface area contributed by atoms with Gasteiger partial charge in [0.15, 0.2) is 0 Å². The van der Waals surface area contributed by atoms with E-state index in [9.17, 15) is 0 Å². The Kier molecular flexibility index (Phi) is 2.14. The minimum absolute atomic E-state index is 0.732. The number of hydrogen-bond donors (Lipinski definition) is 1. The lowest BCUT2D eigenvalue weighted by molar-refractivity contribution is 0.0587. The molecule has 64 valence electrons. The zero-order valence-electron chi connectivity index (χ0n) is 7.13. The predicted molar refractivity (Wildman–Crippen MR) is 46.4 cm³/mol. The predicted octanol–water partition coefficient (Wildman–Crippen LogP) is 0.819. The molecule has 0 aromatic heterocycles. The van der Waals surface area contributed by atoms with Gasteiger partial charge in [-0.1, -0.05) is 6.42 Å². The molecule has 0 aromatic carbocycles. The van der Waals surface area contributed by atoms with Gasteiger partial charge in [0.05, 0.1) is 0 Å². The zero-order chi connectivity index (χ0) is 7.68. The van der Waals surface area contributed by atoms with E-state index in [-0.39, 0.29) is 0 Å². The van der Waals surface area contributed by atoms with Crippen molar-refractivity contribution in [2.24, 2.45) is 11.7 Å². The third-order valence-corrected chi connectivity index (χ3v) is 3.26. The van der Waals surface area contributed by atoms with Gasteiger partial charge in [0.25, 0.3) is 0 Å². The van der Waals surface area contributed by atoms with Gasteiger partial charge in [-0.15, -0.1) is 0 Å². The van der Waals surface area contributed by atoms with Crippen molar-refractivity contribution in [3.63, 3.8) is 0 Å². The maximum Gasteiger partial charge on any atom is 0.0230 e. The van der Waals surface area contributed by atoms with Crippen LogP contribution in [0.15, 0.2) is 0 Å². The second-order valence-electron chi connectivity index (χ2n) is 3.97. The second-order valence-corrected chi connectivity index (χ2v) is 3.97. The van der Waals surface area contributed by atoms with Crippen LogP contribution in [0.1, 0.15) is 25.7 Å². The quantitative estimate of drug-likeness (QED) is 0.652. The van der Waals surface area contributed by atoms with Crippen LogP contribution in [-0.4, -0.2) is 30.6 Å². The normalized spacial score (nSPS) is 33.0. The van der Waals surface area contributed by atoms with Crippen LogP contribution in [0.4, 0.5) is 0 Å². The van der Waals surface area contributed by atoms with Gasteiger partial charge in [-0.2, -0.15) is 0 Å². The summed E-state index contributed by atoms with van der Waals surface area (Å²) in [7, 11) is 0. The average Bonchev–Trinajstić information content (AvgIpc) is 1.83. The Labute approximate surface area is 68.7 Å². The summed E-state index contributed by atoms with van der Waals surface area (Å²) < 4.78 is 0. The number of nitrogens with two attached hydrogens (primary N) is 1. The molecule has 2 fully saturated rings. The molecule has 0 spiro atoms. The van der Waals surface area contributed by atoms with Crippen LogP contribution in [-0.2, 0) is 0 Å². The van der Waals surface area contributed by atoms with Gasteiger partial charge in [-0.3, -0.25) is 4.90 Å². The number of likely N-dealkylation sites (tertiary alicyclic amines) is 1. The molecule has 0 amide bonds. The van der Waals surface area contributed by atoms with Crippen LogP contribution in [0.25, 0.3) is 0 Å². The van der Waals surface area contributed by atoms with E-state index in [1.54, 1.807) is 0 Å². The fourth-order valence-electron chi connectivity index (χ4n) is 2.01. The van der Waals surface area contributed by atoms with E-state index in [0.717, 1.165) is 18.5 Å². The van der Waals surface area contributed by atoms with Gasteiger partial charge in [0.2, 0.25) is 0 Å². The molecular weight excluding hydrogens is 136 g/mol. The van der Waals surface area contributed by atoms with Gasteiger partial charge in [-0.25, -0.2) is 0 Å². The van der Waals surface area contributed by atoms with Crippen LogP contribution >= 0.6 is 0 Å². The maximum absolute atomic E-state index is 5.62. The number of rotatable bonds is 3. The molecule has 1 unspecified atom stereocenters. The maximum atomic E-state index is 5.62. The second kappa shape index (κ2) is 3.11. The Morgan fingerprint density at radius 1 is 1.27 bits per heavy atom. The summed E-state index contributed by atoms with van der Waals surface area (Å²) in [5.41, 5.74) is 5.62. The zero-order valence-corrected chi connectivity index (χ0v) is 7.13. The third-order valence-electron chi connectivity index (χ3n) is 3.26. The first kappa shape index (κ1) is 7.56. The number of hydrogen-bond acceptors (Lipinski definition) is 2. The smallest absolute Gasteiger partial charge is 0.0230 e. The molecule has 0 bridgehead atoms. The van der Waals surface area contributed by atoms with Crippen LogP contribution < -0.4 is 5.73 Å². The molecule has 1 aliphatic carbocycles. The Morgan fingerprint density at radius 2 is 2.09 bits per heavy atom. The fraction of sp³-hybridized carbons (Fsp3) is 1.00. The summed E-state index contributed by atoms with van der Waals surface area (Å²) in [5, 5.41) is 0. The molecule has 1 saturated carbocycles. The van der Waals surface area contributed by atoms with E-state index in [0.29, 0.717) is 0 Å². The molecule has 1 saturated heterocycles. The van der Waals surface area contributed by atoms with Gasteiger partial charge in [0, 0.05) is 25.7 Å². The highest BCUT2D eigenvalue weighted by atomic mass is 15.2. The molecule has 1 atom stereocenters. The van der Waals surface area contributed by atoms with Crippen molar-refractivity contribution in [3.8, 4) is 0 Å². The Morgan fingerprint density at radius 3 is 2.45 bits per heavy atom. The van der Waals surface area contributed by atoms with E-state index in [4.69, 9.17) is 5.73 Å². The highest BCUT2D eigenvalue weighted by Gasteiger charge is 2.30. The Balaban J connectivity index is 1.69. The molecule has 2 heteroatoms. The highest BCUT2D eigenvalue weighted by molar-refractivity contribution is 4.86. The van der Waals surface area contributed by atoms with Crippen LogP contribution in [0.5, 0.6) is 0 Å². The molecule has 0 aromatic rings. The molecule has 2 rings (SSSR count). The van der Waals surface area contributed by atoms with Crippen molar-refractivity contribution in [3.05, 3.63) is 0 Å². The van der Waals surface area contributed by atoms with Crippen molar-refractivity contribution in [2.45, 2.75) is 31.7 Å². The van der Waals surface area contributed by atoms with Crippen LogP contribution in [0, 0.1) is 5.92 Å². The van der Waals surface area contributed by atoms with E-state index in [1.807, 2.05) is 0 Å². The average molecular weight is 154 g/mol. The minimum atomic E-state index is 0.732. The molecule has 11 heavy (non-hydrogen) atoms. The largest absolute Gasteiger partial charge is 0.329 e. The summed E-state index contributed by atoms with van der Waals surface area (Å²) in [6, 6.07) is 0.732. The summed E-state index contributed by atoms with van der Waals surface area (Å²) >= 11 is 0. The molecular formula is C9H18N2. The summed E-state index contributed by atoms with van der Waals surface area (Å²) in [6.45, 7) is 3.51. The molecule has 1 aliphatic heterocycles. The van der Waals surface area contributed by atoms with Crippen molar-refractivity contribution in [1.29, 1.82) is 0 Å². The van der Waals surface area contributed by atoms with Gasteiger partial charge >= 0.3 is 0 Å². The first-order valence-corrected chi connectivity index (χ1v) is 4.84. The SMILES string of the molecule is NCC1CCN1CC1CCC1. The molecule has 2 aliphatic rings. The van der Waals surface area contributed by atoms with Gasteiger partial charge < -0.3 is 5.73 Å². The molecule has 0 radical (unpaired) electrons. The van der Waals surface area contributed by atoms with Gasteiger partial charge in [0.1, 0.15) is 0 Å². The van der Waals surface area contributed by atoms with Crippen molar-refractivity contribution >= 4 is 0 Å². The first-order valence-electron chi connectivity index (χ1n) is 4.84. The lowest BCUT2D eigenvalue weighted by Gasteiger charge is -2.44. The lowest BCUT2D eigenvalue weighted by Crippen LogP contribution is -2.53. The third kappa shape index (κ3) is 1.42. The number of nitrogens with zero attached hydrogens (tertiary/aromatic N) is 1. The fourth-order valence-corrected chi connectivity index (χ4v) is 2.01. The summed E-state index contributed by atoms with van der Waals surface area (Å²) in [6.07, 6.45) is 5.73. The Bertz CT molecular complexity index is 130. The standard InChI is InChI=1S/C9H18N2/c10-6-9-4-5-11(9)7-8-2-1-3-8/h8-9H,1-7,10H2. The van der Waals surface area contributed by atoms with Crippen molar-refractivity contribution < 1.29 is 0 Å². The first-order chi connectivity index (χ1) is 5.40. The summed E-state index contributed by atoms with van der Waals surface area (Å²) in [5.74, 6) is 1.02. The van der Waals surface area contributed by atoms with Crippen LogP contribution in [0.2, 0.25) is 0 Å². The van der Waals surface area contributed by atoms with Gasteiger partial charge in [-0.05, 0) is 25.2 Å². The van der Waals surface area contributed by atoms with E-state index in [2.05, 4.69) is 4.90 Å². The van der Waals surface area contributed by atoms with E-state index in [1.165, 1.54) is 38.8 Å². The van der Waals surface area contributed by atoms with E-state index < -0.39 is 0 Å². The Hall–Kier alpha value is -0.0800. The van der Waals surface area contributed by atoms with Crippen LogP contribution in [0.3, 0.4) is 0 Å². The highest BCUT2D eigenvalue weighted by Crippen LogP contribution is 2.29. The van der Waals surface area contributed by atoms with Crippen molar-refractivity contribution in [2.75, 3.05) is 19.6 Å². The molecule has 2 nitrogen and oxygen atoms in total. The van der Waals surface area contributed by atoms with E-state index >= 15 is 0 Å². The summed E-state index contributed by atoms with van der Waals surface area (Å²) in [4.78, 5) is 2.56.